The van der Waals surface area contributed by atoms with Crippen LogP contribution in [-0.2, 0) is 25.8 Å². The van der Waals surface area contributed by atoms with Gasteiger partial charge in [-0.3, -0.25) is 9.59 Å². The van der Waals surface area contributed by atoms with Crippen molar-refractivity contribution >= 4 is 5.91 Å². The number of nitrogens with zero attached hydrogens (tertiary/aromatic N) is 1. The van der Waals surface area contributed by atoms with E-state index in [4.69, 9.17) is 0 Å². The largest absolute Gasteiger partial charge is 0.394 e. The fraction of sp³-hybridized carbons (Fsp3) is 0.520. The Morgan fingerprint density at radius 2 is 1.87 bits per heavy atom. The van der Waals surface area contributed by atoms with E-state index >= 15 is 0 Å². The number of rotatable bonds is 8. The molecule has 1 aliphatic carbocycles. The van der Waals surface area contributed by atoms with Crippen LogP contribution in [-0.4, -0.2) is 28.2 Å². The average molecular weight is 411 g/mol. The molecule has 0 fully saturated rings. The average Bonchev–Trinajstić information content (AvgIpc) is 2.74. The second-order valence-electron chi connectivity index (χ2n) is 8.30. The molecule has 2 N–H and O–H groups in total. The number of aryl methyl sites for hydroxylation is 1. The molecular formula is C25H34N2O3. The molecule has 1 aromatic heterocycles. The molecule has 0 spiro atoms. The monoisotopic (exact) mass is 410 g/mol. The van der Waals surface area contributed by atoms with Gasteiger partial charge in [0.1, 0.15) is 5.56 Å². The van der Waals surface area contributed by atoms with Crippen LogP contribution in [0.4, 0.5) is 0 Å². The summed E-state index contributed by atoms with van der Waals surface area (Å²) in [5.41, 5.74) is 3.30. The third-order valence-electron chi connectivity index (χ3n) is 5.96. The predicted molar refractivity (Wildman–Crippen MR) is 120 cm³/mol. The summed E-state index contributed by atoms with van der Waals surface area (Å²) in [7, 11) is 0. The number of fused-ring (bicyclic) bond motifs is 1. The summed E-state index contributed by atoms with van der Waals surface area (Å²) in [6, 6.07) is 11.1. The van der Waals surface area contributed by atoms with Crippen LogP contribution >= 0.6 is 0 Å². The number of hydrogen-bond acceptors (Lipinski definition) is 3. The van der Waals surface area contributed by atoms with E-state index in [0.717, 1.165) is 55.3 Å². The van der Waals surface area contributed by atoms with Crippen molar-refractivity contribution < 1.29 is 9.90 Å². The van der Waals surface area contributed by atoms with Crippen LogP contribution in [0.1, 0.15) is 72.6 Å². The van der Waals surface area contributed by atoms with E-state index in [-0.39, 0.29) is 23.6 Å². The van der Waals surface area contributed by atoms with Gasteiger partial charge in [0.2, 0.25) is 0 Å². The van der Waals surface area contributed by atoms with Crippen LogP contribution < -0.4 is 10.9 Å². The molecular weight excluding hydrogens is 376 g/mol. The van der Waals surface area contributed by atoms with Gasteiger partial charge in [-0.1, -0.05) is 56.5 Å². The minimum absolute atomic E-state index is 0.171. The molecule has 5 nitrogen and oxygen atoms in total. The molecule has 162 valence electrons. The fourth-order valence-electron chi connectivity index (χ4n) is 4.27. The van der Waals surface area contributed by atoms with E-state index in [1.54, 1.807) is 0 Å². The van der Waals surface area contributed by atoms with Gasteiger partial charge in [0.05, 0.1) is 12.6 Å². The lowest BCUT2D eigenvalue weighted by molar-refractivity contribution is 0.0914. The summed E-state index contributed by atoms with van der Waals surface area (Å²) in [6.45, 7) is 2.60. The maximum absolute atomic E-state index is 13.3. The number of pyridine rings is 1. The lowest BCUT2D eigenvalue weighted by Gasteiger charge is -2.22. The molecule has 0 saturated carbocycles. The Hall–Kier alpha value is -2.40. The number of aromatic nitrogens is 1. The van der Waals surface area contributed by atoms with Crippen LogP contribution in [0.5, 0.6) is 0 Å². The number of aliphatic hydroxyl groups is 1. The van der Waals surface area contributed by atoms with Crippen molar-refractivity contribution in [3.8, 4) is 0 Å². The molecule has 0 aliphatic heterocycles. The summed E-state index contributed by atoms with van der Waals surface area (Å²) in [6.07, 6.45) is 8.84. The zero-order chi connectivity index (χ0) is 21.3. The van der Waals surface area contributed by atoms with Gasteiger partial charge in [-0.2, -0.15) is 0 Å². The van der Waals surface area contributed by atoms with Crippen LogP contribution in [0.25, 0.3) is 0 Å². The molecule has 0 radical (unpaired) electrons. The van der Waals surface area contributed by atoms with Crippen molar-refractivity contribution in [1.29, 1.82) is 0 Å². The van der Waals surface area contributed by atoms with Crippen LogP contribution in [0, 0.1) is 0 Å². The maximum Gasteiger partial charge on any atom is 0.263 e. The summed E-state index contributed by atoms with van der Waals surface area (Å²) < 4.78 is 1.85. The number of hydrogen-bond donors (Lipinski definition) is 2. The SMILES string of the molecule is CCCCn1c2c(cc(C(=O)NC(CO)Cc3ccccc3)c1=O)CCCCCC2. The Bertz CT molecular complexity index is 889. The summed E-state index contributed by atoms with van der Waals surface area (Å²) in [4.78, 5) is 26.3. The first-order chi connectivity index (χ1) is 14.6. The number of aliphatic hydroxyl groups excluding tert-OH is 1. The van der Waals surface area contributed by atoms with Gasteiger partial charge in [-0.05, 0) is 55.7 Å². The van der Waals surface area contributed by atoms with Crippen molar-refractivity contribution in [2.75, 3.05) is 6.61 Å². The molecule has 5 heteroatoms. The molecule has 1 unspecified atom stereocenters. The predicted octanol–water partition coefficient (Wildman–Crippen LogP) is 3.64. The lowest BCUT2D eigenvalue weighted by Crippen LogP contribution is -2.42. The fourth-order valence-corrected chi connectivity index (χ4v) is 4.27. The summed E-state index contributed by atoms with van der Waals surface area (Å²) in [5, 5.41) is 12.7. The normalized spacial score (nSPS) is 15.0. The summed E-state index contributed by atoms with van der Waals surface area (Å²) in [5.74, 6) is -0.384. The minimum Gasteiger partial charge on any atom is -0.394 e. The van der Waals surface area contributed by atoms with Gasteiger partial charge in [0, 0.05) is 12.2 Å². The minimum atomic E-state index is -0.426. The van der Waals surface area contributed by atoms with Crippen LogP contribution in [0.2, 0.25) is 0 Å². The van der Waals surface area contributed by atoms with Gasteiger partial charge < -0.3 is 15.0 Å². The van der Waals surface area contributed by atoms with Crippen molar-refractivity contribution in [1.82, 2.24) is 9.88 Å². The zero-order valence-corrected chi connectivity index (χ0v) is 18.0. The smallest absolute Gasteiger partial charge is 0.263 e. The third-order valence-corrected chi connectivity index (χ3v) is 5.96. The van der Waals surface area contributed by atoms with Crippen LogP contribution in [0.15, 0.2) is 41.2 Å². The van der Waals surface area contributed by atoms with E-state index in [9.17, 15) is 14.7 Å². The second-order valence-corrected chi connectivity index (χ2v) is 8.30. The number of amides is 1. The van der Waals surface area contributed by atoms with E-state index in [1.165, 1.54) is 12.8 Å². The number of nitrogens with one attached hydrogen (secondary N) is 1. The molecule has 0 saturated heterocycles. The van der Waals surface area contributed by atoms with E-state index in [0.29, 0.717) is 13.0 Å². The van der Waals surface area contributed by atoms with Crippen LogP contribution in [0.3, 0.4) is 0 Å². The molecule has 1 heterocycles. The highest BCUT2D eigenvalue weighted by molar-refractivity contribution is 5.94. The van der Waals surface area contributed by atoms with E-state index in [2.05, 4.69) is 12.2 Å². The molecule has 1 amide bonds. The molecule has 1 aromatic carbocycles. The zero-order valence-electron chi connectivity index (χ0n) is 18.0. The van der Waals surface area contributed by atoms with Gasteiger partial charge in [0.15, 0.2) is 0 Å². The summed E-state index contributed by atoms with van der Waals surface area (Å²) >= 11 is 0. The maximum atomic E-state index is 13.3. The molecule has 3 rings (SSSR count). The van der Waals surface area contributed by atoms with Gasteiger partial charge >= 0.3 is 0 Å². The molecule has 0 bridgehead atoms. The Morgan fingerprint density at radius 1 is 1.13 bits per heavy atom. The quantitative estimate of drug-likeness (QED) is 0.698. The topological polar surface area (TPSA) is 71.3 Å². The highest BCUT2D eigenvalue weighted by Gasteiger charge is 2.22. The first-order valence-corrected chi connectivity index (χ1v) is 11.3. The first kappa shape index (κ1) is 22.3. The highest BCUT2D eigenvalue weighted by Crippen LogP contribution is 2.21. The number of carbonyl (C=O) groups excluding carboxylic acids is 1. The van der Waals surface area contributed by atoms with Crippen molar-refractivity contribution in [2.45, 2.75) is 77.3 Å². The van der Waals surface area contributed by atoms with Gasteiger partial charge in [-0.25, -0.2) is 0 Å². The Balaban J connectivity index is 1.88. The van der Waals surface area contributed by atoms with E-state index < -0.39 is 6.04 Å². The molecule has 1 aliphatic rings. The van der Waals surface area contributed by atoms with Crippen molar-refractivity contribution in [3.05, 3.63) is 69.1 Å². The van der Waals surface area contributed by atoms with Crippen molar-refractivity contribution in [3.63, 3.8) is 0 Å². The lowest BCUT2D eigenvalue weighted by atomic mass is 9.95. The van der Waals surface area contributed by atoms with E-state index in [1.807, 2.05) is 41.0 Å². The molecule has 30 heavy (non-hydrogen) atoms. The van der Waals surface area contributed by atoms with Gasteiger partial charge in [0.25, 0.3) is 11.5 Å². The Morgan fingerprint density at radius 3 is 2.57 bits per heavy atom. The molecule has 2 aromatic rings. The Kier molecular flexibility index (Phi) is 8.26. The standard InChI is InChI=1S/C25H34N2O3/c1-2-3-15-27-23-14-10-5-4-9-13-20(23)17-22(25(27)30)24(29)26-21(18-28)16-19-11-7-6-8-12-19/h6-8,11-12,17,21,28H,2-5,9-10,13-16,18H2,1H3,(H,26,29). The van der Waals surface area contributed by atoms with Gasteiger partial charge in [-0.15, -0.1) is 0 Å². The highest BCUT2D eigenvalue weighted by atomic mass is 16.3. The number of carbonyl (C=O) groups is 1. The second kappa shape index (κ2) is 11.1. The Labute approximate surface area is 179 Å². The third kappa shape index (κ3) is 5.60. The van der Waals surface area contributed by atoms with Crippen molar-refractivity contribution in [2.24, 2.45) is 0 Å². The number of benzene rings is 1. The first-order valence-electron chi connectivity index (χ1n) is 11.3. The number of unbranched alkanes of at least 4 members (excludes halogenated alkanes) is 1. The molecule has 1 atom stereocenters.